The predicted molar refractivity (Wildman–Crippen MR) is 86.5 cm³/mol. The van der Waals surface area contributed by atoms with Crippen LogP contribution < -0.4 is 5.32 Å². The van der Waals surface area contributed by atoms with Crippen molar-refractivity contribution >= 4 is 11.6 Å². The van der Waals surface area contributed by atoms with Gasteiger partial charge in [0.1, 0.15) is 0 Å². The number of aliphatic hydroxyl groups is 1. The Bertz CT molecular complexity index is 765. The van der Waals surface area contributed by atoms with E-state index in [1.54, 1.807) is 29.2 Å². The third kappa shape index (κ3) is 3.61. The van der Waals surface area contributed by atoms with Crippen molar-refractivity contribution in [1.82, 2.24) is 15.0 Å². The van der Waals surface area contributed by atoms with Crippen molar-refractivity contribution < 1.29 is 9.90 Å². The summed E-state index contributed by atoms with van der Waals surface area (Å²) < 4.78 is 1.63. The number of carbonyl (C=O) groups is 1. The predicted octanol–water partition coefficient (Wildman–Crippen LogP) is 2.05. The van der Waals surface area contributed by atoms with Crippen LogP contribution in [0, 0.1) is 0 Å². The Balaban J connectivity index is 1.68. The Hall–Kier alpha value is -2.99. The Morgan fingerprint density at radius 3 is 2.43 bits per heavy atom. The maximum Gasteiger partial charge on any atom is 0.255 e. The van der Waals surface area contributed by atoms with Gasteiger partial charge in [0.05, 0.1) is 18.1 Å². The highest BCUT2D eigenvalue weighted by Gasteiger charge is 2.07. The zero-order chi connectivity index (χ0) is 16.1. The molecule has 0 aliphatic carbocycles. The van der Waals surface area contributed by atoms with Gasteiger partial charge in [0.2, 0.25) is 0 Å². The van der Waals surface area contributed by atoms with Crippen LogP contribution in [-0.4, -0.2) is 32.6 Å². The van der Waals surface area contributed by atoms with Crippen LogP contribution in [0.2, 0.25) is 0 Å². The van der Waals surface area contributed by atoms with E-state index in [1.165, 1.54) is 0 Å². The first kappa shape index (κ1) is 14.9. The third-order valence-corrected chi connectivity index (χ3v) is 3.43. The summed E-state index contributed by atoms with van der Waals surface area (Å²) in [5.74, 6) is -0.176. The highest BCUT2D eigenvalue weighted by Crippen LogP contribution is 2.13. The van der Waals surface area contributed by atoms with E-state index in [9.17, 15) is 4.79 Å². The van der Waals surface area contributed by atoms with Gasteiger partial charge in [0.25, 0.3) is 5.91 Å². The van der Waals surface area contributed by atoms with Gasteiger partial charge in [-0.3, -0.25) is 4.79 Å². The van der Waals surface area contributed by atoms with E-state index in [1.807, 2.05) is 36.4 Å². The van der Waals surface area contributed by atoms with Gasteiger partial charge in [-0.1, -0.05) is 17.3 Å². The summed E-state index contributed by atoms with van der Waals surface area (Å²) in [6.45, 7) is 0.115. The summed E-state index contributed by atoms with van der Waals surface area (Å²) >= 11 is 0. The molecule has 2 N–H and O–H groups in total. The first-order valence-electron chi connectivity index (χ1n) is 7.24. The fraction of sp³-hybridized carbons (Fsp3) is 0.118. The molecule has 3 rings (SSSR count). The lowest BCUT2D eigenvalue weighted by Crippen LogP contribution is -2.12. The van der Waals surface area contributed by atoms with Gasteiger partial charge in [-0.2, -0.15) is 0 Å². The van der Waals surface area contributed by atoms with Crippen LogP contribution in [-0.2, 0) is 6.42 Å². The second-order valence-electron chi connectivity index (χ2n) is 5.02. The number of rotatable bonds is 5. The van der Waals surface area contributed by atoms with Gasteiger partial charge in [0.15, 0.2) is 0 Å². The average Bonchev–Trinajstić information content (AvgIpc) is 3.11. The summed E-state index contributed by atoms with van der Waals surface area (Å²) in [7, 11) is 0. The summed E-state index contributed by atoms with van der Waals surface area (Å²) in [6.07, 6.45) is 3.95. The molecule has 2 aromatic carbocycles. The van der Waals surface area contributed by atoms with Crippen molar-refractivity contribution in [3.63, 3.8) is 0 Å². The molecule has 0 aliphatic rings. The topological polar surface area (TPSA) is 80.0 Å². The lowest BCUT2D eigenvalue weighted by Gasteiger charge is -2.07. The van der Waals surface area contributed by atoms with Crippen LogP contribution in [0.3, 0.4) is 0 Å². The van der Waals surface area contributed by atoms with Crippen molar-refractivity contribution in [3.05, 3.63) is 72.1 Å². The van der Waals surface area contributed by atoms with Gasteiger partial charge in [-0.05, 0) is 48.4 Å². The van der Waals surface area contributed by atoms with Crippen LogP contribution in [0.4, 0.5) is 5.69 Å². The molecule has 3 aromatic rings. The number of aliphatic hydroxyl groups excluding tert-OH is 1. The van der Waals surface area contributed by atoms with E-state index in [-0.39, 0.29) is 12.5 Å². The Morgan fingerprint density at radius 1 is 1.09 bits per heavy atom. The van der Waals surface area contributed by atoms with Gasteiger partial charge in [0, 0.05) is 17.9 Å². The molecule has 1 amide bonds. The van der Waals surface area contributed by atoms with Crippen molar-refractivity contribution in [1.29, 1.82) is 0 Å². The molecule has 0 spiro atoms. The fourth-order valence-corrected chi connectivity index (χ4v) is 2.20. The molecule has 6 heteroatoms. The molecule has 0 atom stereocenters. The first-order chi connectivity index (χ1) is 11.3. The Morgan fingerprint density at radius 2 is 1.83 bits per heavy atom. The summed E-state index contributed by atoms with van der Waals surface area (Å²) in [4.78, 5) is 12.2. The molecule has 0 bridgehead atoms. The fourth-order valence-electron chi connectivity index (χ4n) is 2.20. The molecule has 23 heavy (non-hydrogen) atoms. The van der Waals surface area contributed by atoms with Crippen molar-refractivity contribution in [2.24, 2.45) is 0 Å². The van der Waals surface area contributed by atoms with E-state index in [2.05, 4.69) is 15.6 Å². The number of nitrogens with zero attached hydrogens (tertiary/aromatic N) is 3. The number of amides is 1. The molecule has 0 radical (unpaired) electrons. The molecular weight excluding hydrogens is 292 g/mol. The highest BCUT2D eigenvalue weighted by molar-refractivity contribution is 6.04. The number of aromatic nitrogens is 3. The van der Waals surface area contributed by atoms with Crippen LogP contribution in [0.15, 0.2) is 60.9 Å². The van der Waals surface area contributed by atoms with E-state index in [0.717, 1.165) is 16.9 Å². The van der Waals surface area contributed by atoms with E-state index in [4.69, 9.17) is 5.11 Å². The van der Waals surface area contributed by atoms with Crippen LogP contribution in [0.5, 0.6) is 0 Å². The molecule has 116 valence electrons. The summed E-state index contributed by atoms with van der Waals surface area (Å²) in [5, 5.41) is 19.4. The monoisotopic (exact) mass is 308 g/mol. The van der Waals surface area contributed by atoms with Crippen molar-refractivity contribution in [2.45, 2.75) is 6.42 Å². The summed E-state index contributed by atoms with van der Waals surface area (Å²) in [5.41, 5.74) is 3.15. The molecule has 6 nitrogen and oxygen atoms in total. The standard InChI is InChI=1S/C17H16N4O2/c22-12-9-13-1-5-15(6-2-13)19-17(23)14-3-7-16(8-4-14)21-11-10-18-20-21/h1-8,10-11,22H,9,12H2,(H,19,23). The van der Waals surface area contributed by atoms with Crippen molar-refractivity contribution in [2.75, 3.05) is 11.9 Å². The highest BCUT2D eigenvalue weighted by atomic mass is 16.3. The minimum absolute atomic E-state index is 0.115. The number of hydrogen-bond acceptors (Lipinski definition) is 4. The van der Waals surface area contributed by atoms with Gasteiger partial charge in [-0.25, -0.2) is 4.68 Å². The van der Waals surface area contributed by atoms with Crippen molar-refractivity contribution in [3.8, 4) is 5.69 Å². The Kier molecular flexibility index (Phi) is 4.44. The zero-order valence-corrected chi connectivity index (χ0v) is 12.4. The van der Waals surface area contributed by atoms with Crippen LogP contribution in [0.1, 0.15) is 15.9 Å². The molecule has 1 aromatic heterocycles. The smallest absolute Gasteiger partial charge is 0.255 e. The zero-order valence-electron chi connectivity index (χ0n) is 12.4. The normalized spacial score (nSPS) is 10.5. The van der Waals surface area contributed by atoms with Gasteiger partial charge >= 0.3 is 0 Å². The van der Waals surface area contributed by atoms with E-state index in [0.29, 0.717) is 12.0 Å². The second-order valence-corrected chi connectivity index (χ2v) is 5.02. The minimum atomic E-state index is -0.176. The SMILES string of the molecule is O=C(Nc1ccc(CCO)cc1)c1ccc(-n2ccnn2)cc1. The number of carbonyl (C=O) groups excluding carboxylic acids is 1. The lowest BCUT2D eigenvalue weighted by molar-refractivity contribution is 0.102. The van der Waals surface area contributed by atoms with Crippen LogP contribution in [0.25, 0.3) is 5.69 Å². The number of benzene rings is 2. The minimum Gasteiger partial charge on any atom is -0.396 e. The molecule has 0 saturated carbocycles. The number of anilines is 1. The lowest BCUT2D eigenvalue weighted by atomic mass is 10.1. The maximum absolute atomic E-state index is 12.2. The molecular formula is C17H16N4O2. The van der Waals surface area contributed by atoms with Gasteiger partial charge in [-0.15, -0.1) is 5.10 Å². The Labute approximate surface area is 133 Å². The molecule has 0 aliphatic heterocycles. The largest absolute Gasteiger partial charge is 0.396 e. The molecule has 0 fully saturated rings. The maximum atomic E-state index is 12.2. The first-order valence-corrected chi connectivity index (χ1v) is 7.24. The second kappa shape index (κ2) is 6.85. The van der Waals surface area contributed by atoms with E-state index >= 15 is 0 Å². The van der Waals surface area contributed by atoms with Crippen LogP contribution >= 0.6 is 0 Å². The quantitative estimate of drug-likeness (QED) is 0.756. The van der Waals surface area contributed by atoms with E-state index < -0.39 is 0 Å². The average molecular weight is 308 g/mol. The third-order valence-electron chi connectivity index (χ3n) is 3.43. The molecule has 1 heterocycles. The molecule has 0 saturated heterocycles. The molecule has 0 unspecified atom stereocenters. The summed E-state index contributed by atoms with van der Waals surface area (Å²) in [6, 6.07) is 14.5. The number of hydrogen-bond donors (Lipinski definition) is 2. The number of nitrogens with one attached hydrogen (secondary N) is 1. The van der Waals surface area contributed by atoms with Gasteiger partial charge < -0.3 is 10.4 Å².